The Hall–Kier alpha value is -3.07. The van der Waals surface area contributed by atoms with Gasteiger partial charge in [0.05, 0.1) is 22.0 Å². The topological polar surface area (TPSA) is 86.8 Å². The summed E-state index contributed by atoms with van der Waals surface area (Å²) in [5.74, 6) is -0.908. The largest absolute Gasteiger partial charge is 0.357 e. The lowest BCUT2D eigenvalue weighted by atomic mass is 10.0. The van der Waals surface area contributed by atoms with Gasteiger partial charge in [0, 0.05) is 20.0 Å². The predicted octanol–water partition coefficient (Wildman–Crippen LogP) is 4.76. The molecule has 0 spiro atoms. The highest BCUT2D eigenvalue weighted by atomic mass is 35.5. The van der Waals surface area contributed by atoms with E-state index in [2.05, 4.69) is 5.32 Å². The van der Waals surface area contributed by atoms with Crippen molar-refractivity contribution in [2.24, 2.45) is 0 Å². The summed E-state index contributed by atoms with van der Waals surface area (Å²) in [7, 11) is -2.34. The number of hydrogen-bond acceptors (Lipinski definition) is 4. The van der Waals surface area contributed by atoms with Crippen LogP contribution in [0.3, 0.4) is 0 Å². The lowest BCUT2D eigenvalue weighted by Gasteiger charge is -2.34. The fourth-order valence-electron chi connectivity index (χ4n) is 4.33. The van der Waals surface area contributed by atoms with Crippen LogP contribution in [0, 0.1) is 13.8 Å². The second-order valence-electron chi connectivity index (χ2n) is 9.10. The normalized spacial score (nSPS) is 12.1. The van der Waals surface area contributed by atoms with Crippen LogP contribution in [-0.4, -0.2) is 51.0 Å². The molecule has 0 saturated heterocycles. The first-order chi connectivity index (χ1) is 17.9. The Labute approximate surface area is 234 Å². The van der Waals surface area contributed by atoms with Crippen molar-refractivity contribution in [3.05, 3.63) is 99.0 Å². The third-order valence-corrected chi connectivity index (χ3v) is 8.07. The molecular formula is C28H31Cl2N3O4S. The van der Waals surface area contributed by atoms with Crippen molar-refractivity contribution >= 4 is 50.7 Å². The van der Waals surface area contributed by atoms with Crippen LogP contribution in [0.5, 0.6) is 0 Å². The van der Waals surface area contributed by atoms with Gasteiger partial charge in [-0.2, -0.15) is 0 Å². The number of likely N-dealkylation sites (N-methyl/N-ethyl adjacent to an activating group) is 1. The summed E-state index contributed by atoms with van der Waals surface area (Å²) in [6, 6.07) is 18.8. The average Bonchev–Trinajstić information content (AvgIpc) is 2.87. The Bertz CT molecular complexity index is 1390. The van der Waals surface area contributed by atoms with E-state index in [0.29, 0.717) is 32.4 Å². The maximum Gasteiger partial charge on any atom is 0.244 e. The number of carbonyl (C=O) groups is 2. The highest BCUT2D eigenvalue weighted by Gasteiger charge is 2.33. The van der Waals surface area contributed by atoms with Crippen LogP contribution in [0.4, 0.5) is 5.69 Å². The Morgan fingerprint density at radius 2 is 1.53 bits per heavy atom. The van der Waals surface area contributed by atoms with Crippen LogP contribution < -0.4 is 9.62 Å². The molecule has 2 amide bonds. The van der Waals surface area contributed by atoms with E-state index >= 15 is 0 Å². The van der Waals surface area contributed by atoms with E-state index in [1.807, 2.05) is 36.4 Å². The van der Waals surface area contributed by atoms with Crippen molar-refractivity contribution < 1.29 is 18.0 Å². The molecule has 38 heavy (non-hydrogen) atoms. The van der Waals surface area contributed by atoms with Gasteiger partial charge in [0.1, 0.15) is 12.6 Å². The average molecular weight is 577 g/mol. The number of nitrogens with one attached hydrogen (secondary N) is 1. The number of nitrogens with zero attached hydrogens (tertiary/aromatic N) is 2. The second kappa shape index (κ2) is 12.7. The van der Waals surface area contributed by atoms with E-state index in [1.54, 1.807) is 44.2 Å². The number of aryl methyl sites for hydroxylation is 2. The van der Waals surface area contributed by atoms with Gasteiger partial charge >= 0.3 is 0 Å². The second-order valence-corrected chi connectivity index (χ2v) is 11.8. The third kappa shape index (κ3) is 7.28. The Morgan fingerprint density at radius 3 is 2.08 bits per heavy atom. The first kappa shape index (κ1) is 29.5. The van der Waals surface area contributed by atoms with E-state index < -0.39 is 28.5 Å². The molecule has 1 atom stereocenters. The zero-order chi connectivity index (χ0) is 28.0. The molecule has 202 valence electrons. The molecule has 1 N–H and O–H groups in total. The van der Waals surface area contributed by atoms with E-state index in [9.17, 15) is 18.0 Å². The van der Waals surface area contributed by atoms with Gasteiger partial charge in [-0.15, -0.1) is 0 Å². The van der Waals surface area contributed by atoms with Crippen molar-refractivity contribution in [3.63, 3.8) is 0 Å². The Morgan fingerprint density at radius 1 is 0.895 bits per heavy atom. The standard InChI is InChI=1S/C28H31Cl2N3O4S/c1-19-9-8-10-20(2)27(19)33(38(4,36)37)18-26(34)32(17-22-13-14-23(29)24(30)15-22)25(28(35)31-3)16-21-11-6-5-7-12-21/h5-15,25H,16-18H2,1-4H3,(H,31,35)/t25-/m0/s1. The number of amides is 2. The zero-order valence-electron chi connectivity index (χ0n) is 21.7. The smallest absolute Gasteiger partial charge is 0.244 e. The van der Waals surface area contributed by atoms with Crippen LogP contribution in [0.15, 0.2) is 66.7 Å². The highest BCUT2D eigenvalue weighted by Crippen LogP contribution is 2.28. The van der Waals surface area contributed by atoms with Crippen LogP contribution in [0.2, 0.25) is 10.0 Å². The van der Waals surface area contributed by atoms with Crippen molar-refractivity contribution in [1.82, 2.24) is 10.2 Å². The molecule has 0 aliphatic heterocycles. The number of carbonyl (C=O) groups excluding carboxylic acids is 2. The summed E-state index contributed by atoms with van der Waals surface area (Å²) < 4.78 is 27.0. The quantitative estimate of drug-likeness (QED) is 0.377. The molecule has 3 rings (SSSR count). The maximum absolute atomic E-state index is 14.0. The van der Waals surface area contributed by atoms with E-state index in [1.165, 1.54) is 11.9 Å². The minimum absolute atomic E-state index is 0.0188. The number of para-hydroxylation sites is 1. The molecule has 0 aliphatic carbocycles. The summed E-state index contributed by atoms with van der Waals surface area (Å²) in [5.41, 5.74) is 3.37. The lowest BCUT2D eigenvalue weighted by Crippen LogP contribution is -2.53. The molecule has 0 aliphatic rings. The molecule has 0 aromatic heterocycles. The van der Waals surface area contributed by atoms with Crippen molar-refractivity contribution in [1.29, 1.82) is 0 Å². The van der Waals surface area contributed by atoms with Crippen LogP contribution >= 0.6 is 23.2 Å². The van der Waals surface area contributed by atoms with E-state index in [-0.39, 0.29) is 18.9 Å². The van der Waals surface area contributed by atoms with Crippen molar-refractivity contribution in [2.45, 2.75) is 32.9 Å². The van der Waals surface area contributed by atoms with E-state index in [0.717, 1.165) is 16.1 Å². The number of benzene rings is 3. The molecule has 0 radical (unpaired) electrons. The van der Waals surface area contributed by atoms with Crippen molar-refractivity contribution in [3.8, 4) is 0 Å². The number of sulfonamides is 1. The van der Waals surface area contributed by atoms with Gasteiger partial charge in [0.15, 0.2) is 0 Å². The predicted molar refractivity (Wildman–Crippen MR) is 153 cm³/mol. The number of hydrogen-bond donors (Lipinski definition) is 1. The fraction of sp³-hybridized carbons (Fsp3) is 0.286. The zero-order valence-corrected chi connectivity index (χ0v) is 24.1. The monoisotopic (exact) mass is 575 g/mol. The Kier molecular flexibility index (Phi) is 9.82. The van der Waals surface area contributed by atoms with Crippen LogP contribution in [0.25, 0.3) is 0 Å². The van der Waals surface area contributed by atoms with Crippen LogP contribution in [-0.2, 0) is 32.6 Å². The van der Waals surface area contributed by atoms with Crippen LogP contribution in [0.1, 0.15) is 22.3 Å². The highest BCUT2D eigenvalue weighted by molar-refractivity contribution is 7.92. The summed E-state index contributed by atoms with van der Waals surface area (Å²) in [6.07, 6.45) is 1.30. The first-order valence-electron chi connectivity index (χ1n) is 11.9. The lowest BCUT2D eigenvalue weighted by molar-refractivity contribution is -0.139. The fourth-order valence-corrected chi connectivity index (χ4v) is 5.62. The number of anilines is 1. The molecule has 3 aromatic carbocycles. The molecule has 0 saturated carbocycles. The molecule has 7 nitrogen and oxygen atoms in total. The van der Waals surface area contributed by atoms with Gasteiger partial charge < -0.3 is 10.2 Å². The molecule has 0 fully saturated rings. The van der Waals surface area contributed by atoms with E-state index in [4.69, 9.17) is 23.2 Å². The summed E-state index contributed by atoms with van der Waals surface area (Å²) in [6.45, 7) is 3.13. The van der Waals surface area contributed by atoms with Gasteiger partial charge in [-0.25, -0.2) is 8.42 Å². The van der Waals surface area contributed by atoms with Gasteiger partial charge in [0.2, 0.25) is 21.8 Å². The first-order valence-corrected chi connectivity index (χ1v) is 14.6. The SMILES string of the molecule is CNC(=O)[C@H](Cc1ccccc1)N(Cc1ccc(Cl)c(Cl)c1)C(=O)CN(c1c(C)cccc1C)S(C)(=O)=O. The number of halogens is 2. The minimum atomic E-state index is -3.84. The minimum Gasteiger partial charge on any atom is -0.357 e. The maximum atomic E-state index is 14.0. The summed E-state index contributed by atoms with van der Waals surface area (Å²) in [4.78, 5) is 28.5. The van der Waals surface area contributed by atoms with Gasteiger partial charge in [-0.3, -0.25) is 13.9 Å². The summed E-state index contributed by atoms with van der Waals surface area (Å²) in [5, 5.41) is 3.32. The Balaban J connectivity index is 2.08. The molecule has 0 bridgehead atoms. The molecule has 0 unspecified atom stereocenters. The third-order valence-electron chi connectivity index (χ3n) is 6.22. The molecular weight excluding hydrogens is 545 g/mol. The molecule has 3 aromatic rings. The van der Waals surface area contributed by atoms with Gasteiger partial charge in [0.25, 0.3) is 0 Å². The number of rotatable bonds is 10. The molecule has 0 heterocycles. The molecule has 10 heteroatoms. The van der Waals surface area contributed by atoms with Crippen molar-refractivity contribution in [2.75, 3.05) is 24.2 Å². The van der Waals surface area contributed by atoms with Gasteiger partial charge in [-0.05, 0) is 48.2 Å². The van der Waals surface area contributed by atoms with Gasteiger partial charge in [-0.1, -0.05) is 77.8 Å². The summed E-state index contributed by atoms with van der Waals surface area (Å²) >= 11 is 12.3.